The Kier molecular flexibility index (Phi) is 3.70. The molecular formula is C15H18N4O. The SMILES string of the molecule is Cc1cc(C(=N)N)nc(Oc2c(C)ccc(C)c2C)n1. The van der Waals surface area contributed by atoms with Crippen LogP contribution in [0.4, 0.5) is 0 Å². The van der Waals surface area contributed by atoms with Crippen LogP contribution in [0.25, 0.3) is 0 Å². The van der Waals surface area contributed by atoms with Gasteiger partial charge in [-0.05, 0) is 50.5 Å². The molecule has 1 aromatic carbocycles. The number of nitrogens with one attached hydrogen (secondary N) is 1. The second-order valence-electron chi connectivity index (χ2n) is 4.85. The lowest BCUT2D eigenvalue weighted by molar-refractivity contribution is 0.433. The van der Waals surface area contributed by atoms with E-state index in [4.69, 9.17) is 15.9 Å². The molecule has 0 fully saturated rings. The van der Waals surface area contributed by atoms with Gasteiger partial charge in [-0.2, -0.15) is 4.98 Å². The van der Waals surface area contributed by atoms with Crippen molar-refractivity contribution in [3.63, 3.8) is 0 Å². The standard InChI is InChI=1S/C15H18N4O/c1-8-5-6-9(2)13(11(8)4)20-15-18-10(3)7-12(19-15)14(16)17/h5-7H,1-4H3,(H3,16,17). The second-order valence-corrected chi connectivity index (χ2v) is 4.85. The Morgan fingerprint density at radius 1 is 1.10 bits per heavy atom. The molecule has 2 aromatic rings. The van der Waals surface area contributed by atoms with E-state index < -0.39 is 0 Å². The lowest BCUT2D eigenvalue weighted by atomic mass is 10.1. The molecule has 2 rings (SSSR count). The molecule has 0 saturated heterocycles. The first-order valence-electron chi connectivity index (χ1n) is 6.33. The quantitative estimate of drug-likeness (QED) is 0.663. The van der Waals surface area contributed by atoms with Crippen LogP contribution < -0.4 is 10.5 Å². The van der Waals surface area contributed by atoms with Crippen molar-refractivity contribution in [1.29, 1.82) is 5.41 Å². The van der Waals surface area contributed by atoms with E-state index in [1.165, 1.54) is 0 Å². The normalized spacial score (nSPS) is 10.4. The lowest BCUT2D eigenvalue weighted by Crippen LogP contribution is -2.14. The smallest absolute Gasteiger partial charge is 0.322 e. The second kappa shape index (κ2) is 5.28. The number of benzene rings is 1. The van der Waals surface area contributed by atoms with Gasteiger partial charge in [-0.15, -0.1) is 0 Å². The molecule has 0 saturated carbocycles. The van der Waals surface area contributed by atoms with E-state index in [0.29, 0.717) is 11.4 Å². The zero-order valence-corrected chi connectivity index (χ0v) is 12.1. The number of nitrogens with zero attached hydrogens (tertiary/aromatic N) is 2. The van der Waals surface area contributed by atoms with Gasteiger partial charge in [0, 0.05) is 5.69 Å². The number of aromatic nitrogens is 2. The van der Waals surface area contributed by atoms with Gasteiger partial charge in [-0.25, -0.2) is 4.98 Å². The minimum atomic E-state index is -0.0990. The Balaban J connectivity index is 2.45. The lowest BCUT2D eigenvalue weighted by Gasteiger charge is -2.13. The Bertz CT molecular complexity index is 680. The molecular weight excluding hydrogens is 252 g/mol. The summed E-state index contributed by atoms with van der Waals surface area (Å²) < 4.78 is 5.82. The summed E-state index contributed by atoms with van der Waals surface area (Å²) >= 11 is 0. The van der Waals surface area contributed by atoms with Crippen LogP contribution in [-0.4, -0.2) is 15.8 Å². The van der Waals surface area contributed by atoms with Gasteiger partial charge in [0.25, 0.3) is 0 Å². The molecule has 0 bridgehead atoms. The first-order chi connectivity index (χ1) is 9.38. The van der Waals surface area contributed by atoms with E-state index >= 15 is 0 Å². The summed E-state index contributed by atoms with van der Waals surface area (Å²) in [6, 6.07) is 5.92. The third-order valence-corrected chi connectivity index (χ3v) is 3.18. The molecule has 0 spiro atoms. The van der Waals surface area contributed by atoms with Gasteiger partial charge in [-0.1, -0.05) is 12.1 Å². The summed E-state index contributed by atoms with van der Waals surface area (Å²) in [5.74, 6) is 0.656. The van der Waals surface area contributed by atoms with Crippen LogP contribution in [0, 0.1) is 33.1 Å². The molecule has 20 heavy (non-hydrogen) atoms. The average Bonchev–Trinajstić information content (AvgIpc) is 2.38. The zero-order valence-electron chi connectivity index (χ0n) is 12.1. The Labute approximate surface area is 118 Å². The first-order valence-corrected chi connectivity index (χ1v) is 6.33. The van der Waals surface area contributed by atoms with Crippen molar-refractivity contribution < 1.29 is 4.74 Å². The van der Waals surface area contributed by atoms with Crippen molar-refractivity contribution >= 4 is 5.84 Å². The third kappa shape index (κ3) is 2.77. The molecule has 0 aliphatic carbocycles. The number of nitrogen functional groups attached to an aromatic ring is 1. The van der Waals surface area contributed by atoms with Gasteiger partial charge in [0.05, 0.1) is 0 Å². The molecule has 0 unspecified atom stereocenters. The van der Waals surface area contributed by atoms with Crippen LogP contribution in [0.3, 0.4) is 0 Å². The number of hydrogen-bond donors (Lipinski definition) is 2. The average molecular weight is 270 g/mol. The largest absolute Gasteiger partial charge is 0.424 e. The van der Waals surface area contributed by atoms with Gasteiger partial charge in [0.15, 0.2) is 0 Å². The highest BCUT2D eigenvalue weighted by atomic mass is 16.5. The van der Waals surface area contributed by atoms with Crippen molar-refractivity contribution in [3.05, 3.63) is 46.3 Å². The summed E-state index contributed by atoms with van der Waals surface area (Å²) in [6.07, 6.45) is 0. The van der Waals surface area contributed by atoms with Crippen LogP contribution in [0.15, 0.2) is 18.2 Å². The topological polar surface area (TPSA) is 84.9 Å². The predicted octanol–water partition coefficient (Wildman–Crippen LogP) is 2.79. The van der Waals surface area contributed by atoms with Gasteiger partial charge < -0.3 is 10.5 Å². The molecule has 0 aliphatic heterocycles. The summed E-state index contributed by atoms with van der Waals surface area (Å²) in [4.78, 5) is 8.40. The van der Waals surface area contributed by atoms with Gasteiger partial charge in [0.2, 0.25) is 0 Å². The number of rotatable bonds is 3. The minimum absolute atomic E-state index is 0.0990. The highest BCUT2D eigenvalue weighted by molar-refractivity contribution is 5.93. The van der Waals surface area contributed by atoms with Crippen molar-refractivity contribution in [1.82, 2.24) is 9.97 Å². The van der Waals surface area contributed by atoms with Crippen LogP contribution >= 0.6 is 0 Å². The van der Waals surface area contributed by atoms with Crippen molar-refractivity contribution in [2.24, 2.45) is 5.73 Å². The van der Waals surface area contributed by atoms with E-state index in [2.05, 4.69) is 16.0 Å². The molecule has 3 N–H and O–H groups in total. The molecule has 0 atom stereocenters. The molecule has 1 heterocycles. The van der Waals surface area contributed by atoms with Gasteiger partial charge in [-0.3, -0.25) is 5.41 Å². The van der Waals surface area contributed by atoms with E-state index in [1.807, 2.05) is 33.8 Å². The van der Waals surface area contributed by atoms with Crippen molar-refractivity contribution in [2.75, 3.05) is 0 Å². The molecule has 5 nitrogen and oxygen atoms in total. The predicted molar refractivity (Wildman–Crippen MR) is 78.5 cm³/mol. The Morgan fingerprint density at radius 3 is 2.40 bits per heavy atom. The van der Waals surface area contributed by atoms with E-state index in [9.17, 15) is 0 Å². The molecule has 0 amide bonds. The maximum atomic E-state index is 7.46. The first kappa shape index (κ1) is 14.0. The Hall–Kier alpha value is -2.43. The molecule has 104 valence electrons. The fraction of sp³-hybridized carbons (Fsp3) is 0.267. The maximum absolute atomic E-state index is 7.46. The fourth-order valence-electron chi connectivity index (χ4n) is 1.90. The van der Waals surface area contributed by atoms with Gasteiger partial charge >= 0.3 is 6.01 Å². The van der Waals surface area contributed by atoms with Crippen molar-refractivity contribution in [2.45, 2.75) is 27.7 Å². The van der Waals surface area contributed by atoms with Crippen LogP contribution in [0.5, 0.6) is 11.8 Å². The summed E-state index contributed by atoms with van der Waals surface area (Å²) in [6.45, 7) is 7.82. The van der Waals surface area contributed by atoms with E-state index in [-0.39, 0.29) is 11.8 Å². The highest BCUT2D eigenvalue weighted by Gasteiger charge is 2.11. The molecule has 5 heteroatoms. The summed E-state index contributed by atoms with van der Waals surface area (Å²) in [7, 11) is 0. The van der Waals surface area contributed by atoms with Crippen LogP contribution in [0.2, 0.25) is 0 Å². The van der Waals surface area contributed by atoms with E-state index in [1.54, 1.807) is 6.07 Å². The van der Waals surface area contributed by atoms with Gasteiger partial charge in [0.1, 0.15) is 17.3 Å². The van der Waals surface area contributed by atoms with E-state index in [0.717, 1.165) is 22.4 Å². The minimum Gasteiger partial charge on any atom is -0.424 e. The number of amidine groups is 1. The molecule has 0 aliphatic rings. The zero-order chi connectivity index (χ0) is 14.9. The monoisotopic (exact) mass is 270 g/mol. The number of hydrogen-bond acceptors (Lipinski definition) is 4. The van der Waals surface area contributed by atoms with Crippen LogP contribution in [-0.2, 0) is 0 Å². The Morgan fingerprint density at radius 2 is 1.75 bits per heavy atom. The third-order valence-electron chi connectivity index (χ3n) is 3.18. The molecule has 0 radical (unpaired) electrons. The summed E-state index contributed by atoms with van der Waals surface area (Å²) in [5, 5.41) is 7.46. The summed E-state index contributed by atoms with van der Waals surface area (Å²) in [5.41, 5.74) is 9.76. The molecule has 1 aromatic heterocycles. The number of aryl methyl sites for hydroxylation is 3. The maximum Gasteiger partial charge on any atom is 0.322 e. The van der Waals surface area contributed by atoms with Crippen LogP contribution in [0.1, 0.15) is 28.1 Å². The fourth-order valence-corrected chi connectivity index (χ4v) is 1.90. The number of nitrogens with two attached hydrogens (primary N) is 1. The highest BCUT2D eigenvalue weighted by Crippen LogP contribution is 2.29. The van der Waals surface area contributed by atoms with Crippen molar-refractivity contribution in [3.8, 4) is 11.8 Å². The number of ether oxygens (including phenoxy) is 1.